The van der Waals surface area contributed by atoms with E-state index in [9.17, 15) is 9.18 Å². The van der Waals surface area contributed by atoms with E-state index in [0.717, 1.165) is 5.03 Å². The van der Waals surface area contributed by atoms with Crippen molar-refractivity contribution >= 4 is 23.4 Å². The lowest BCUT2D eigenvalue weighted by atomic mass is 10.1. The van der Waals surface area contributed by atoms with Crippen molar-refractivity contribution in [2.45, 2.75) is 10.8 Å². The van der Waals surface area contributed by atoms with E-state index in [2.05, 4.69) is 4.98 Å². The van der Waals surface area contributed by atoms with Crippen LogP contribution in [0.25, 0.3) is 0 Å². The van der Waals surface area contributed by atoms with Gasteiger partial charge in [0.05, 0.1) is 16.9 Å². The van der Waals surface area contributed by atoms with Gasteiger partial charge in [-0.05, 0) is 35.9 Å². The second-order valence-electron chi connectivity index (χ2n) is 4.00. The molecule has 0 unspecified atom stereocenters. The molecule has 0 aliphatic carbocycles. The smallest absolute Gasteiger partial charge is 0.265 e. The Morgan fingerprint density at radius 3 is 2.80 bits per heavy atom. The number of hydrazine groups is 1. The first-order valence-corrected chi connectivity index (χ1v) is 6.72. The number of benzene rings is 1. The molecule has 2 rings (SSSR count). The summed E-state index contributed by atoms with van der Waals surface area (Å²) in [6, 6.07) is 7.59. The van der Waals surface area contributed by atoms with Gasteiger partial charge in [0, 0.05) is 11.3 Å². The van der Waals surface area contributed by atoms with E-state index in [1.807, 2.05) is 5.43 Å². The Morgan fingerprint density at radius 2 is 2.15 bits per heavy atom. The molecule has 0 bridgehead atoms. The van der Waals surface area contributed by atoms with E-state index in [1.54, 1.807) is 12.1 Å². The summed E-state index contributed by atoms with van der Waals surface area (Å²) in [7, 11) is 0. The van der Waals surface area contributed by atoms with E-state index < -0.39 is 5.91 Å². The van der Waals surface area contributed by atoms with Crippen LogP contribution in [-0.2, 0) is 5.75 Å². The highest BCUT2D eigenvalue weighted by atomic mass is 32.2. The van der Waals surface area contributed by atoms with Crippen LogP contribution >= 0.6 is 11.8 Å². The molecule has 2 aromatic rings. The number of rotatable bonds is 4. The second kappa shape index (κ2) is 6.36. The topological polar surface area (TPSA) is 94.0 Å². The standard InChI is InChI=1S/C13H13FN4OS/c14-11-3-1-8(13(19)18-16)5-9(11)7-20-12-4-2-10(15)6-17-12/h1-6H,7,15-16H2,(H,18,19). The lowest BCUT2D eigenvalue weighted by Crippen LogP contribution is -2.30. The molecular formula is C13H13FN4OS. The molecule has 0 fully saturated rings. The molecular weight excluding hydrogens is 279 g/mol. The van der Waals surface area contributed by atoms with Crippen molar-refractivity contribution in [3.63, 3.8) is 0 Å². The van der Waals surface area contributed by atoms with E-state index >= 15 is 0 Å². The quantitative estimate of drug-likeness (QED) is 0.345. The van der Waals surface area contributed by atoms with Crippen LogP contribution in [0.2, 0.25) is 0 Å². The number of hydrogen-bond donors (Lipinski definition) is 3. The van der Waals surface area contributed by atoms with Crippen LogP contribution in [0.5, 0.6) is 0 Å². The number of carbonyl (C=O) groups is 1. The molecule has 0 aliphatic heterocycles. The third-order valence-corrected chi connectivity index (χ3v) is 3.57. The monoisotopic (exact) mass is 292 g/mol. The third-order valence-electron chi connectivity index (χ3n) is 2.57. The van der Waals surface area contributed by atoms with Gasteiger partial charge in [-0.2, -0.15) is 0 Å². The summed E-state index contributed by atoms with van der Waals surface area (Å²) in [5, 5.41) is 0.729. The van der Waals surface area contributed by atoms with Gasteiger partial charge in [-0.3, -0.25) is 10.2 Å². The Morgan fingerprint density at radius 1 is 1.35 bits per heavy atom. The fourth-order valence-corrected chi connectivity index (χ4v) is 2.35. The minimum absolute atomic E-state index is 0.315. The van der Waals surface area contributed by atoms with Crippen molar-refractivity contribution in [1.29, 1.82) is 0 Å². The van der Waals surface area contributed by atoms with Gasteiger partial charge < -0.3 is 5.73 Å². The van der Waals surface area contributed by atoms with Gasteiger partial charge in [-0.25, -0.2) is 15.2 Å². The number of aromatic nitrogens is 1. The molecule has 5 N–H and O–H groups in total. The SMILES string of the molecule is NNC(=O)c1ccc(F)c(CSc2ccc(N)cn2)c1. The number of nitrogen functional groups attached to an aromatic ring is 2. The molecule has 5 nitrogen and oxygen atoms in total. The Bertz CT molecular complexity index is 618. The minimum Gasteiger partial charge on any atom is -0.397 e. The van der Waals surface area contributed by atoms with Crippen molar-refractivity contribution in [1.82, 2.24) is 10.4 Å². The first kappa shape index (κ1) is 14.3. The first-order chi connectivity index (χ1) is 9.60. The lowest BCUT2D eigenvalue weighted by molar-refractivity contribution is 0.0953. The molecule has 0 saturated carbocycles. The zero-order valence-electron chi connectivity index (χ0n) is 10.5. The van der Waals surface area contributed by atoms with Crippen molar-refractivity contribution in [2.24, 2.45) is 5.84 Å². The Balaban J connectivity index is 2.12. The second-order valence-corrected chi connectivity index (χ2v) is 4.99. The highest BCUT2D eigenvalue weighted by Crippen LogP contribution is 2.23. The van der Waals surface area contributed by atoms with Gasteiger partial charge in [0.15, 0.2) is 0 Å². The van der Waals surface area contributed by atoms with E-state index in [4.69, 9.17) is 11.6 Å². The number of nitrogens with zero attached hydrogens (tertiary/aromatic N) is 1. The number of amides is 1. The van der Waals surface area contributed by atoms with Crippen LogP contribution in [0.15, 0.2) is 41.6 Å². The van der Waals surface area contributed by atoms with Crippen LogP contribution in [0.4, 0.5) is 10.1 Å². The molecule has 0 spiro atoms. The predicted octanol–water partition coefficient (Wildman–Crippen LogP) is 1.70. The Hall–Kier alpha value is -2.12. The van der Waals surface area contributed by atoms with Crippen LogP contribution in [0, 0.1) is 5.82 Å². The molecule has 0 atom stereocenters. The highest BCUT2D eigenvalue weighted by molar-refractivity contribution is 7.98. The van der Waals surface area contributed by atoms with Crippen molar-refractivity contribution in [3.8, 4) is 0 Å². The van der Waals surface area contributed by atoms with Gasteiger partial charge in [0.25, 0.3) is 5.91 Å². The number of carbonyl (C=O) groups excluding carboxylic acids is 1. The Kier molecular flexibility index (Phi) is 4.54. The third kappa shape index (κ3) is 3.46. The summed E-state index contributed by atoms with van der Waals surface area (Å²) in [6.45, 7) is 0. The van der Waals surface area contributed by atoms with Crippen LogP contribution in [-0.4, -0.2) is 10.9 Å². The van der Waals surface area contributed by atoms with Gasteiger partial charge in [-0.15, -0.1) is 11.8 Å². The summed E-state index contributed by atoms with van der Waals surface area (Å²) in [5.41, 5.74) is 8.85. The summed E-state index contributed by atoms with van der Waals surface area (Å²) >= 11 is 1.35. The van der Waals surface area contributed by atoms with Crippen LogP contribution in [0.1, 0.15) is 15.9 Å². The normalized spacial score (nSPS) is 10.3. The Labute approximate surface area is 119 Å². The molecule has 7 heteroatoms. The zero-order chi connectivity index (χ0) is 14.5. The summed E-state index contributed by atoms with van der Waals surface area (Å²) in [6.07, 6.45) is 1.54. The fraction of sp³-hybridized carbons (Fsp3) is 0.0769. The molecule has 1 heterocycles. The van der Waals surface area contributed by atoms with Crippen molar-refractivity contribution < 1.29 is 9.18 Å². The van der Waals surface area contributed by atoms with Gasteiger partial charge in [-0.1, -0.05) is 0 Å². The number of pyridine rings is 1. The molecule has 0 radical (unpaired) electrons. The average Bonchev–Trinajstić information content (AvgIpc) is 2.47. The van der Waals surface area contributed by atoms with Crippen LogP contribution in [0.3, 0.4) is 0 Å². The van der Waals surface area contributed by atoms with Crippen molar-refractivity contribution in [3.05, 3.63) is 53.5 Å². The average molecular weight is 292 g/mol. The van der Waals surface area contributed by atoms with E-state index in [-0.39, 0.29) is 5.82 Å². The zero-order valence-corrected chi connectivity index (χ0v) is 11.3. The number of nitrogens with one attached hydrogen (secondary N) is 1. The summed E-state index contributed by atoms with van der Waals surface area (Å²) < 4.78 is 13.7. The molecule has 1 aromatic heterocycles. The van der Waals surface area contributed by atoms with Gasteiger partial charge in [0.2, 0.25) is 0 Å². The van der Waals surface area contributed by atoms with Gasteiger partial charge in [0.1, 0.15) is 5.82 Å². The van der Waals surface area contributed by atoms with Gasteiger partial charge >= 0.3 is 0 Å². The maximum Gasteiger partial charge on any atom is 0.265 e. The minimum atomic E-state index is -0.457. The van der Waals surface area contributed by atoms with E-state index in [0.29, 0.717) is 22.6 Å². The molecule has 1 amide bonds. The number of nitrogens with two attached hydrogens (primary N) is 2. The molecule has 0 aliphatic rings. The lowest BCUT2D eigenvalue weighted by Gasteiger charge is -2.06. The largest absolute Gasteiger partial charge is 0.397 e. The van der Waals surface area contributed by atoms with Crippen LogP contribution < -0.4 is 17.0 Å². The molecule has 1 aromatic carbocycles. The molecule has 20 heavy (non-hydrogen) atoms. The molecule has 104 valence electrons. The number of halogens is 1. The number of hydrogen-bond acceptors (Lipinski definition) is 5. The first-order valence-electron chi connectivity index (χ1n) is 5.74. The maximum atomic E-state index is 13.7. The highest BCUT2D eigenvalue weighted by Gasteiger charge is 2.09. The van der Waals surface area contributed by atoms with Crippen molar-refractivity contribution in [2.75, 3.05) is 5.73 Å². The number of thioether (sulfide) groups is 1. The molecule has 0 saturated heterocycles. The maximum absolute atomic E-state index is 13.7. The summed E-state index contributed by atoms with van der Waals surface area (Å²) in [4.78, 5) is 15.5. The number of anilines is 1. The predicted molar refractivity (Wildman–Crippen MR) is 76.3 cm³/mol. The fourth-order valence-electron chi connectivity index (χ4n) is 1.54. The van der Waals surface area contributed by atoms with E-state index in [1.165, 1.54) is 36.2 Å². The summed E-state index contributed by atoms with van der Waals surface area (Å²) in [5.74, 6) is 4.58.